The highest BCUT2D eigenvalue weighted by Gasteiger charge is 2.36. The van der Waals surface area contributed by atoms with E-state index in [9.17, 15) is 24.5 Å². The number of nitrogens with one attached hydrogen (secondary N) is 1. The molecule has 0 unspecified atom stereocenters. The molecule has 0 radical (unpaired) electrons. The van der Waals surface area contributed by atoms with E-state index in [-0.39, 0.29) is 24.4 Å². The van der Waals surface area contributed by atoms with Gasteiger partial charge >= 0.3 is 6.03 Å². The third-order valence-corrected chi connectivity index (χ3v) is 5.71. The van der Waals surface area contributed by atoms with Gasteiger partial charge in [-0.2, -0.15) is 0 Å². The van der Waals surface area contributed by atoms with Gasteiger partial charge in [0.2, 0.25) is 0 Å². The van der Waals surface area contributed by atoms with Gasteiger partial charge in [0.15, 0.2) is 11.5 Å². The van der Waals surface area contributed by atoms with Crippen LogP contribution in [-0.4, -0.2) is 34.3 Å². The number of hydrogen-bond donors (Lipinski definition) is 1. The fourth-order valence-corrected chi connectivity index (χ4v) is 3.98. The minimum absolute atomic E-state index is 0.0388. The number of rotatable bonds is 11. The number of amides is 4. The van der Waals surface area contributed by atoms with Crippen molar-refractivity contribution in [2.45, 2.75) is 26.5 Å². The molecule has 0 saturated carbocycles. The zero-order valence-electron chi connectivity index (χ0n) is 21.0. The summed E-state index contributed by atoms with van der Waals surface area (Å²) >= 11 is 0. The lowest BCUT2D eigenvalue weighted by Crippen LogP contribution is -2.53. The van der Waals surface area contributed by atoms with Crippen LogP contribution < -0.4 is 14.8 Å². The lowest BCUT2D eigenvalue weighted by atomic mass is 10.0. The van der Waals surface area contributed by atoms with E-state index in [1.165, 1.54) is 24.5 Å². The first-order valence-corrected chi connectivity index (χ1v) is 12.0. The molecular formula is C28H25N3O8. The molecule has 1 aliphatic heterocycles. The number of carbonyl (C=O) groups excluding carboxylic acids is 3. The molecule has 1 fully saturated rings. The highest BCUT2D eigenvalue weighted by atomic mass is 16.6. The van der Waals surface area contributed by atoms with Crippen LogP contribution in [0.2, 0.25) is 0 Å². The van der Waals surface area contributed by atoms with Crippen LogP contribution in [0.4, 0.5) is 10.5 Å². The molecule has 1 aromatic heterocycles. The number of nitro benzene ring substituents is 1. The Morgan fingerprint density at radius 2 is 1.95 bits per heavy atom. The van der Waals surface area contributed by atoms with Crippen molar-refractivity contribution in [1.29, 1.82) is 0 Å². The van der Waals surface area contributed by atoms with Crippen molar-refractivity contribution in [2.75, 3.05) is 6.61 Å². The number of allylic oxidation sites excluding steroid dienone is 1. The van der Waals surface area contributed by atoms with E-state index in [2.05, 4.69) is 11.9 Å². The molecule has 4 amide bonds. The molecule has 11 heteroatoms. The Bertz CT molecular complexity index is 1460. The zero-order chi connectivity index (χ0) is 27.9. The Morgan fingerprint density at radius 3 is 2.64 bits per heavy atom. The van der Waals surface area contributed by atoms with Crippen LogP contribution in [-0.2, 0) is 29.2 Å². The number of imide groups is 2. The van der Waals surface area contributed by atoms with Gasteiger partial charge in [-0.25, -0.2) is 4.79 Å². The number of benzene rings is 2. The molecular weight excluding hydrogens is 506 g/mol. The van der Waals surface area contributed by atoms with Gasteiger partial charge in [0, 0.05) is 17.7 Å². The number of non-ortho nitro benzene ring substituents is 1. The molecule has 3 aromatic rings. The van der Waals surface area contributed by atoms with E-state index in [1.807, 2.05) is 0 Å². The molecule has 4 rings (SSSR count). The third-order valence-electron chi connectivity index (χ3n) is 5.71. The molecule has 11 nitrogen and oxygen atoms in total. The van der Waals surface area contributed by atoms with E-state index in [0.29, 0.717) is 47.0 Å². The zero-order valence-corrected chi connectivity index (χ0v) is 21.0. The van der Waals surface area contributed by atoms with Crippen LogP contribution in [0, 0.1) is 10.1 Å². The van der Waals surface area contributed by atoms with E-state index < -0.39 is 22.8 Å². The van der Waals surface area contributed by atoms with Crippen LogP contribution >= 0.6 is 0 Å². The number of furan rings is 1. The predicted molar refractivity (Wildman–Crippen MR) is 140 cm³/mol. The monoisotopic (exact) mass is 531 g/mol. The Labute approximate surface area is 223 Å². The van der Waals surface area contributed by atoms with Crippen LogP contribution in [0.5, 0.6) is 11.5 Å². The minimum Gasteiger partial charge on any atom is -0.490 e. The van der Waals surface area contributed by atoms with E-state index in [4.69, 9.17) is 13.9 Å². The highest BCUT2D eigenvalue weighted by molar-refractivity contribution is 6.30. The quantitative estimate of drug-likeness (QED) is 0.125. The molecule has 1 aliphatic rings. The molecule has 2 aromatic carbocycles. The van der Waals surface area contributed by atoms with Gasteiger partial charge in [-0.15, -0.1) is 6.58 Å². The number of hydrogen-bond acceptors (Lipinski definition) is 8. The maximum atomic E-state index is 13.1. The Morgan fingerprint density at radius 1 is 1.13 bits per heavy atom. The first kappa shape index (κ1) is 26.9. The maximum Gasteiger partial charge on any atom is 0.331 e. The van der Waals surface area contributed by atoms with Crippen molar-refractivity contribution >= 4 is 29.6 Å². The highest BCUT2D eigenvalue weighted by Crippen LogP contribution is 2.36. The first-order chi connectivity index (χ1) is 18.8. The summed E-state index contributed by atoms with van der Waals surface area (Å²) in [6, 6.07) is 11.8. The minimum atomic E-state index is -0.842. The Kier molecular flexibility index (Phi) is 8.20. The average Bonchev–Trinajstić information content (AvgIpc) is 3.42. The number of barbiturate groups is 1. The fourth-order valence-electron chi connectivity index (χ4n) is 3.98. The second-order valence-electron chi connectivity index (χ2n) is 8.44. The van der Waals surface area contributed by atoms with Crippen LogP contribution in [0.15, 0.2) is 77.4 Å². The van der Waals surface area contributed by atoms with Crippen molar-refractivity contribution in [3.8, 4) is 11.5 Å². The molecule has 1 N–H and O–H groups in total. The standard InChI is InChI=1S/C28H25N3O8/c1-3-7-20-12-19(14-23-26(32)29-28(34)30(27(23)33)16-22-10-6-11-38-22)15-24(37-4-2)25(20)39-17-18-8-5-9-21(13-18)31(35)36/h3,5-6,8-15H,1,4,7,16-17H2,2H3,(H,29,32,34)/b23-14+. The maximum absolute atomic E-state index is 13.1. The number of nitro groups is 1. The van der Waals surface area contributed by atoms with Crippen LogP contribution in [0.3, 0.4) is 0 Å². The summed E-state index contributed by atoms with van der Waals surface area (Å²) in [7, 11) is 0. The summed E-state index contributed by atoms with van der Waals surface area (Å²) in [6.07, 6.45) is 4.82. The largest absolute Gasteiger partial charge is 0.490 e. The molecule has 200 valence electrons. The number of nitrogens with zero attached hydrogens (tertiary/aromatic N) is 2. The molecule has 0 aliphatic carbocycles. The molecule has 0 atom stereocenters. The predicted octanol–water partition coefficient (Wildman–Crippen LogP) is 4.56. The third kappa shape index (κ3) is 6.21. The number of urea groups is 1. The normalized spacial score (nSPS) is 14.3. The lowest BCUT2D eigenvalue weighted by molar-refractivity contribution is -0.384. The molecule has 0 spiro atoms. The van der Waals surface area contributed by atoms with Crippen LogP contribution in [0.1, 0.15) is 29.4 Å². The summed E-state index contributed by atoms with van der Waals surface area (Å²) in [6.45, 7) is 5.77. The molecule has 1 saturated heterocycles. The van der Waals surface area contributed by atoms with Crippen molar-refractivity contribution in [1.82, 2.24) is 10.2 Å². The summed E-state index contributed by atoms with van der Waals surface area (Å²) < 4.78 is 17.1. The van der Waals surface area contributed by atoms with Gasteiger partial charge in [-0.05, 0) is 54.8 Å². The Balaban J connectivity index is 1.67. The van der Waals surface area contributed by atoms with E-state index >= 15 is 0 Å². The van der Waals surface area contributed by atoms with E-state index in [1.54, 1.807) is 49.4 Å². The summed E-state index contributed by atoms with van der Waals surface area (Å²) in [5.41, 5.74) is 1.42. The van der Waals surface area contributed by atoms with Crippen molar-refractivity contribution in [3.63, 3.8) is 0 Å². The number of carbonyl (C=O) groups is 3. The fraction of sp³-hybridized carbons (Fsp3) is 0.179. The van der Waals surface area contributed by atoms with Crippen molar-refractivity contribution in [2.24, 2.45) is 0 Å². The van der Waals surface area contributed by atoms with Gasteiger partial charge in [0.1, 0.15) is 17.9 Å². The van der Waals surface area contributed by atoms with Crippen molar-refractivity contribution in [3.05, 3.63) is 106 Å². The average molecular weight is 532 g/mol. The van der Waals surface area contributed by atoms with Gasteiger partial charge in [0.05, 0.1) is 24.3 Å². The first-order valence-electron chi connectivity index (χ1n) is 12.0. The Hall–Kier alpha value is -5.19. The van der Waals surface area contributed by atoms with Gasteiger partial charge in [0.25, 0.3) is 17.5 Å². The SMILES string of the molecule is C=CCc1cc(/C=C2\C(=O)NC(=O)N(Cc3ccco3)C2=O)cc(OCC)c1OCc1cccc([N+](=O)[O-])c1. The molecule has 39 heavy (non-hydrogen) atoms. The molecule has 0 bridgehead atoms. The van der Waals surface area contributed by atoms with E-state index in [0.717, 1.165) is 4.90 Å². The van der Waals surface area contributed by atoms with Gasteiger partial charge in [-0.1, -0.05) is 18.2 Å². The second-order valence-corrected chi connectivity index (χ2v) is 8.44. The molecule has 2 heterocycles. The topological polar surface area (TPSA) is 141 Å². The van der Waals surface area contributed by atoms with Crippen LogP contribution in [0.25, 0.3) is 6.08 Å². The second kappa shape index (κ2) is 11.9. The van der Waals surface area contributed by atoms with Gasteiger partial charge < -0.3 is 13.9 Å². The number of ether oxygens (including phenoxy) is 2. The summed E-state index contributed by atoms with van der Waals surface area (Å²) in [4.78, 5) is 49.6. The smallest absolute Gasteiger partial charge is 0.331 e. The summed E-state index contributed by atoms with van der Waals surface area (Å²) in [5.74, 6) is -0.463. The summed E-state index contributed by atoms with van der Waals surface area (Å²) in [5, 5.41) is 13.3. The lowest BCUT2D eigenvalue weighted by Gasteiger charge is -2.25. The van der Waals surface area contributed by atoms with Crippen molar-refractivity contribution < 1.29 is 33.2 Å². The van der Waals surface area contributed by atoms with Gasteiger partial charge in [-0.3, -0.25) is 29.9 Å².